The van der Waals surface area contributed by atoms with Crippen LogP contribution >= 0.6 is 11.6 Å². The molecule has 2 aromatic heterocycles. The first-order valence-corrected chi connectivity index (χ1v) is 14.5. The molecule has 11 nitrogen and oxygen atoms in total. The molecule has 0 saturated carbocycles. The summed E-state index contributed by atoms with van der Waals surface area (Å²) in [6, 6.07) is 5.57. The highest BCUT2D eigenvalue weighted by molar-refractivity contribution is 6.33. The largest absolute Gasteiger partial charge is 0.434 e. The van der Waals surface area contributed by atoms with Gasteiger partial charge in [-0.1, -0.05) is 18.2 Å². The van der Waals surface area contributed by atoms with Crippen LogP contribution in [0.3, 0.4) is 0 Å². The van der Waals surface area contributed by atoms with Gasteiger partial charge >= 0.3 is 6.01 Å². The predicted octanol–water partition coefficient (Wildman–Crippen LogP) is 4.94. The zero-order valence-corrected chi connectivity index (χ0v) is 25.1. The van der Waals surface area contributed by atoms with Crippen molar-refractivity contribution in [2.75, 3.05) is 50.4 Å². The van der Waals surface area contributed by atoms with E-state index >= 15 is 0 Å². The molecule has 0 spiro atoms. The van der Waals surface area contributed by atoms with Gasteiger partial charge in [-0.15, -0.1) is 0 Å². The Bertz CT molecular complexity index is 1850. The Morgan fingerprint density at radius 1 is 1.09 bits per heavy atom. The number of fused-ring (bicyclic) bond motifs is 2. The Kier molecular flexibility index (Phi) is 8.21. The van der Waals surface area contributed by atoms with Gasteiger partial charge in [0, 0.05) is 62.9 Å². The summed E-state index contributed by atoms with van der Waals surface area (Å²) in [5.41, 5.74) is 7.47. The number of ether oxygens (including phenoxy) is 2. The van der Waals surface area contributed by atoms with Crippen LogP contribution in [0.4, 0.5) is 20.3 Å². The van der Waals surface area contributed by atoms with Crippen LogP contribution in [0.1, 0.15) is 16.7 Å². The summed E-state index contributed by atoms with van der Waals surface area (Å²) in [5.74, 6) is -0.652. The summed E-state index contributed by atoms with van der Waals surface area (Å²) >= 11 is 6.26. The van der Waals surface area contributed by atoms with Gasteiger partial charge in [0.25, 0.3) is 0 Å². The minimum atomic E-state index is -0.827. The van der Waals surface area contributed by atoms with E-state index in [1.165, 1.54) is 18.3 Å². The molecular formula is C31H29ClF2N8O3. The lowest BCUT2D eigenvalue weighted by Crippen LogP contribution is -2.48. The monoisotopic (exact) mass is 634 g/mol. The number of benzene rings is 2. The van der Waals surface area contributed by atoms with Gasteiger partial charge in [0.05, 0.1) is 10.9 Å². The normalized spacial score (nSPS) is 15.1. The third kappa shape index (κ3) is 5.71. The number of carbonyl (C=O) groups is 1. The molecule has 1 fully saturated rings. The molecule has 0 bridgehead atoms. The zero-order chi connectivity index (χ0) is 31.8. The number of pyridine rings is 1. The molecule has 2 aliphatic heterocycles. The number of hydrogen-bond acceptors (Lipinski definition) is 10. The van der Waals surface area contributed by atoms with Gasteiger partial charge in [0.15, 0.2) is 5.75 Å². The number of nitrogens with zero attached hydrogens (tertiary/aromatic N) is 6. The van der Waals surface area contributed by atoms with Crippen LogP contribution in [-0.4, -0.2) is 76.6 Å². The van der Waals surface area contributed by atoms with E-state index in [0.29, 0.717) is 73.8 Å². The lowest BCUT2D eigenvalue weighted by molar-refractivity contribution is -0.126. The van der Waals surface area contributed by atoms with Crippen molar-refractivity contribution in [3.05, 3.63) is 76.5 Å². The van der Waals surface area contributed by atoms with Crippen LogP contribution in [0.15, 0.2) is 43.1 Å². The number of nitrogen functional groups attached to an aromatic ring is 1. The molecule has 0 aliphatic carbocycles. The molecule has 1 saturated heterocycles. The number of rotatable bonds is 7. The molecule has 2 aromatic carbocycles. The maximum atomic E-state index is 14.7. The first kappa shape index (κ1) is 30.2. The highest BCUT2D eigenvalue weighted by Gasteiger charge is 2.27. The van der Waals surface area contributed by atoms with Gasteiger partial charge in [-0.05, 0) is 49.4 Å². The van der Waals surface area contributed by atoms with Crippen LogP contribution in [0.2, 0.25) is 5.02 Å². The van der Waals surface area contributed by atoms with Crippen molar-refractivity contribution in [2.45, 2.75) is 13.0 Å². The highest BCUT2D eigenvalue weighted by atomic mass is 35.5. The molecule has 6 rings (SSSR count). The molecule has 0 atom stereocenters. The topological polar surface area (TPSA) is 134 Å². The van der Waals surface area contributed by atoms with Gasteiger partial charge in [0.1, 0.15) is 33.7 Å². The van der Waals surface area contributed by atoms with E-state index in [0.717, 1.165) is 12.3 Å². The number of nitrogens with one attached hydrogen (secondary N) is 1. The molecule has 0 unspecified atom stereocenters. The van der Waals surface area contributed by atoms with Crippen molar-refractivity contribution >= 4 is 46.1 Å². The van der Waals surface area contributed by atoms with Crippen LogP contribution in [0, 0.1) is 17.0 Å². The number of nitrogens with two attached hydrogens (primary N) is 1. The van der Waals surface area contributed by atoms with E-state index in [2.05, 4.69) is 21.4 Å². The number of anilines is 2. The number of piperazine rings is 1. The number of amides is 1. The average Bonchev–Trinajstić information content (AvgIpc) is 3.04. The lowest BCUT2D eigenvalue weighted by atomic mass is 9.98. The molecule has 2 aliphatic rings. The smallest absolute Gasteiger partial charge is 0.324 e. The second-order valence-electron chi connectivity index (χ2n) is 10.7. The minimum absolute atomic E-state index is 0.0422. The van der Waals surface area contributed by atoms with Gasteiger partial charge in [0.2, 0.25) is 11.8 Å². The molecule has 3 N–H and O–H groups in total. The van der Waals surface area contributed by atoms with Crippen LogP contribution in [0.25, 0.3) is 10.9 Å². The first-order chi connectivity index (χ1) is 21.7. The molecule has 14 heteroatoms. The molecule has 45 heavy (non-hydrogen) atoms. The van der Waals surface area contributed by atoms with Crippen molar-refractivity contribution in [2.24, 2.45) is 0 Å². The van der Waals surface area contributed by atoms with E-state index in [1.807, 2.05) is 11.9 Å². The maximum Gasteiger partial charge on any atom is 0.324 e. The Hall–Kier alpha value is -4.88. The summed E-state index contributed by atoms with van der Waals surface area (Å²) in [6.45, 7) is 6.52. The Labute approximate surface area is 262 Å². The third-order valence-electron chi connectivity index (χ3n) is 7.90. The number of hydrogen-bond donors (Lipinski definition) is 2. The van der Waals surface area contributed by atoms with E-state index in [1.54, 1.807) is 17.0 Å². The quantitative estimate of drug-likeness (QED) is 0.165. The second kappa shape index (κ2) is 12.3. The molecular weight excluding hydrogens is 606 g/mol. The first-order valence-electron chi connectivity index (χ1n) is 14.1. The van der Waals surface area contributed by atoms with Gasteiger partial charge < -0.3 is 35.3 Å². The fraction of sp³-hybridized carbons (Fsp3) is 0.258. The molecule has 4 heterocycles. The van der Waals surface area contributed by atoms with Crippen LogP contribution in [-0.2, 0) is 17.8 Å². The predicted molar refractivity (Wildman–Crippen MR) is 167 cm³/mol. The third-order valence-corrected chi connectivity index (χ3v) is 8.25. The standard InChI is InChI=1S/C31H29ClF2N8O3/c1-3-25(43)41-10-12-42(13-11-41)29-18-6-8-37-30(45-28-19(15-35)23(36)14-22(34)26(28)32)27(18)38-31(39-29)44-24-5-4-21(33)17-7-9-40(2)16-20(17)24/h3-6,8,14-15,35H,1,7,9-13,16,36H2,2H3. The summed E-state index contributed by atoms with van der Waals surface area (Å²) in [6.07, 6.45) is 4.20. The number of carbonyl (C=O) groups excluding carboxylic acids is 1. The van der Waals surface area contributed by atoms with Crippen molar-refractivity contribution in [1.82, 2.24) is 24.8 Å². The molecule has 4 aromatic rings. The van der Waals surface area contributed by atoms with Gasteiger partial charge in [-0.3, -0.25) is 4.79 Å². The van der Waals surface area contributed by atoms with E-state index < -0.39 is 5.82 Å². The minimum Gasteiger partial charge on any atom is -0.434 e. The van der Waals surface area contributed by atoms with Crippen molar-refractivity contribution in [3.8, 4) is 23.4 Å². The number of halogens is 3. The highest BCUT2D eigenvalue weighted by Crippen LogP contribution is 2.40. The fourth-order valence-corrected chi connectivity index (χ4v) is 5.73. The summed E-state index contributed by atoms with van der Waals surface area (Å²) in [4.78, 5) is 31.7. The SMILES string of the molecule is C=CC(=O)N1CCN(c2nc(Oc3ccc(F)c4c3CN(C)CC4)nc3c(Oc4c(Cl)c(F)cc(N)c4C=N)nccc23)CC1. The fourth-order valence-electron chi connectivity index (χ4n) is 5.54. The van der Waals surface area contributed by atoms with Crippen molar-refractivity contribution < 1.29 is 23.0 Å². The Morgan fingerprint density at radius 3 is 2.60 bits per heavy atom. The second-order valence-corrected chi connectivity index (χ2v) is 11.1. The molecule has 1 amide bonds. The molecule has 0 radical (unpaired) electrons. The Balaban J connectivity index is 1.48. The van der Waals surface area contributed by atoms with Gasteiger partial charge in [-0.2, -0.15) is 9.97 Å². The van der Waals surface area contributed by atoms with E-state index in [4.69, 9.17) is 37.2 Å². The van der Waals surface area contributed by atoms with Gasteiger partial charge in [-0.25, -0.2) is 13.8 Å². The van der Waals surface area contributed by atoms with E-state index in [-0.39, 0.29) is 51.2 Å². The van der Waals surface area contributed by atoms with Crippen LogP contribution < -0.4 is 20.1 Å². The zero-order valence-electron chi connectivity index (χ0n) is 24.3. The summed E-state index contributed by atoms with van der Waals surface area (Å²) in [7, 11) is 1.95. The average molecular weight is 635 g/mol. The number of aromatic nitrogens is 3. The van der Waals surface area contributed by atoms with Crippen molar-refractivity contribution in [3.63, 3.8) is 0 Å². The molecule has 232 valence electrons. The lowest BCUT2D eigenvalue weighted by Gasteiger charge is -2.35. The maximum absolute atomic E-state index is 14.7. The number of likely N-dealkylation sites (N-methyl/N-ethyl adjacent to an activating group) is 1. The van der Waals surface area contributed by atoms with E-state index in [9.17, 15) is 13.6 Å². The van der Waals surface area contributed by atoms with Crippen LogP contribution in [0.5, 0.6) is 23.4 Å². The van der Waals surface area contributed by atoms with Crippen molar-refractivity contribution in [1.29, 1.82) is 5.41 Å². The Morgan fingerprint density at radius 2 is 1.87 bits per heavy atom. The summed E-state index contributed by atoms with van der Waals surface area (Å²) < 4.78 is 41.6. The summed E-state index contributed by atoms with van der Waals surface area (Å²) in [5, 5.41) is 7.97.